The molecule has 7 heteroatoms. The van der Waals surface area contributed by atoms with Crippen LogP contribution in [0.4, 0.5) is 0 Å². The van der Waals surface area contributed by atoms with Crippen molar-refractivity contribution in [3.63, 3.8) is 0 Å². The third kappa shape index (κ3) is 1.86. The third-order valence-electron chi connectivity index (χ3n) is 1.87. The van der Waals surface area contributed by atoms with Crippen LogP contribution in [0.1, 0.15) is 0 Å². The van der Waals surface area contributed by atoms with Crippen LogP contribution in [0.15, 0.2) is 18.2 Å². The monoisotopic (exact) mass is 260 g/mol. The number of hydrogen-bond acceptors (Lipinski definition) is 3. The van der Waals surface area contributed by atoms with Crippen LogP contribution in [0, 0.1) is 4.77 Å². The highest BCUT2D eigenvalue weighted by molar-refractivity contribution is 7.71. The van der Waals surface area contributed by atoms with E-state index in [0.29, 0.717) is 26.2 Å². The fraction of sp³-hybridized carbons (Fsp3) is 0. The number of hydrogen-bond donors (Lipinski definition) is 2. The van der Waals surface area contributed by atoms with Crippen LogP contribution in [-0.4, -0.2) is 14.9 Å². The lowest BCUT2D eigenvalue weighted by Crippen LogP contribution is -2.10. The molecule has 0 fully saturated rings. The Morgan fingerprint density at radius 3 is 2.73 bits per heavy atom. The number of nitrogens with zero attached hydrogens (tertiary/aromatic N) is 2. The number of nitrogens with one attached hydrogen (secondary N) is 1. The van der Waals surface area contributed by atoms with Crippen molar-refractivity contribution in [3.05, 3.63) is 33.0 Å². The van der Waals surface area contributed by atoms with Crippen molar-refractivity contribution in [1.82, 2.24) is 14.9 Å². The molecule has 0 aliphatic heterocycles. The zero-order chi connectivity index (χ0) is 11.0. The van der Waals surface area contributed by atoms with E-state index in [4.69, 9.17) is 41.3 Å². The summed E-state index contributed by atoms with van der Waals surface area (Å²) in [6, 6.07) is 5.05. The number of nitrogens with two attached hydrogens (primary N) is 1. The van der Waals surface area contributed by atoms with Crippen molar-refractivity contribution in [1.29, 1.82) is 0 Å². The number of halogens is 2. The van der Waals surface area contributed by atoms with Gasteiger partial charge in [-0.2, -0.15) is 5.10 Å². The second-order valence-electron chi connectivity index (χ2n) is 2.85. The summed E-state index contributed by atoms with van der Waals surface area (Å²) in [5, 5.41) is 7.61. The fourth-order valence-corrected chi connectivity index (χ4v) is 1.67. The van der Waals surface area contributed by atoms with Crippen LogP contribution in [0.2, 0.25) is 10.0 Å². The van der Waals surface area contributed by atoms with E-state index < -0.39 is 0 Å². The van der Waals surface area contributed by atoms with Gasteiger partial charge in [-0.05, 0) is 30.4 Å². The molecule has 4 nitrogen and oxygen atoms in total. The summed E-state index contributed by atoms with van der Waals surface area (Å²) in [5.41, 5.74) is 0.638. The lowest BCUT2D eigenvalue weighted by Gasteiger charge is -2.03. The minimum atomic E-state index is 0.320. The van der Waals surface area contributed by atoms with Crippen molar-refractivity contribution in [2.75, 3.05) is 5.84 Å². The minimum absolute atomic E-state index is 0.320. The van der Waals surface area contributed by atoms with E-state index in [0.717, 1.165) is 0 Å². The van der Waals surface area contributed by atoms with E-state index >= 15 is 0 Å². The highest BCUT2D eigenvalue weighted by Crippen LogP contribution is 2.28. The van der Waals surface area contributed by atoms with Gasteiger partial charge in [0.05, 0.1) is 5.02 Å². The number of H-pyrrole nitrogens is 1. The molecule has 1 aromatic carbocycles. The Labute approximate surface area is 101 Å². The summed E-state index contributed by atoms with van der Waals surface area (Å²) in [6.07, 6.45) is 0. The first-order valence-corrected chi connectivity index (χ1v) is 5.14. The Bertz CT molecular complexity index is 560. The molecule has 2 rings (SSSR count). The third-order valence-corrected chi connectivity index (χ3v) is 2.73. The van der Waals surface area contributed by atoms with Gasteiger partial charge in [-0.1, -0.05) is 23.2 Å². The maximum absolute atomic E-state index is 6.00. The molecule has 15 heavy (non-hydrogen) atoms. The van der Waals surface area contributed by atoms with E-state index in [1.165, 1.54) is 4.68 Å². The normalized spacial score (nSPS) is 10.5. The number of nitrogen functional groups attached to an aromatic ring is 1. The fourth-order valence-electron chi connectivity index (χ4n) is 1.16. The predicted octanol–water partition coefficient (Wildman–Crippen LogP) is 2.63. The molecule has 3 N–H and O–H groups in total. The van der Waals surface area contributed by atoms with Crippen LogP contribution in [0.5, 0.6) is 0 Å². The van der Waals surface area contributed by atoms with E-state index in [2.05, 4.69) is 10.2 Å². The van der Waals surface area contributed by atoms with Crippen LogP contribution in [0.3, 0.4) is 0 Å². The smallest absolute Gasteiger partial charge is 0.214 e. The standard InChI is InChI=1S/C8H6Cl2N4S/c9-4-1-2-6(10)5(3-4)7-12-13-8(15)14(7)11/h1-3H,11H2,(H,13,15). The first-order chi connectivity index (χ1) is 7.09. The molecule has 0 saturated carbocycles. The maximum Gasteiger partial charge on any atom is 0.214 e. The first kappa shape index (κ1) is 10.5. The minimum Gasteiger partial charge on any atom is -0.335 e. The van der Waals surface area contributed by atoms with Crippen LogP contribution >= 0.6 is 35.4 Å². The number of aromatic amines is 1. The van der Waals surface area contributed by atoms with Gasteiger partial charge in [0.25, 0.3) is 0 Å². The number of aromatic nitrogens is 3. The molecule has 0 aliphatic carbocycles. The molecule has 0 spiro atoms. The highest BCUT2D eigenvalue weighted by Gasteiger charge is 2.10. The molecule has 0 atom stereocenters. The molecule has 2 aromatic rings. The summed E-state index contributed by atoms with van der Waals surface area (Å²) in [7, 11) is 0. The predicted molar refractivity (Wildman–Crippen MR) is 63.0 cm³/mol. The molecule has 0 saturated heterocycles. The Balaban J connectivity index is 2.68. The Morgan fingerprint density at radius 2 is 2.13 bits per heavy atom. The summed E-state index contributed by atoms with van der Waals surface area (Å²) in [5.74, 6) is 6.12. The van der Waals surface area contributed by atoms with Gasteiger partial charge >= 0.3 is 0 Å². The van der Waals surface area contributed by atoms with Crippen LogP contribution in [0.25, 0.3) is 11.4 Å². The molecule has 1 heterocycles. The molecular weight excluding hydrogens is 255 g/mol. The average molecular weight is 261 g/mol. The average Bonchev–Trinajstić information content (AvgIpc) is 2.52. The summed E-state index contributed by atoms with van der Waals surface area (Å²) < 4.78 is 1.56. The largest absolute Gasteiger partial charge is 0.335 e. The Morgan fingerprint density at radius 1 is 1.40 bits per heavy atom. The van der Waals surface area contributed by atoms with Crippen molar-refractivity contribution < 1.29 is 0 Å². The number of benzene rings is 1. The highest BCUT2D eigenvalue weighted by atomic mass is 35.5. The van der Waals surface area contributed by atoms with Gasteiger partial charge in [-0.3, -0.25) is 0 Å². The molecule has 78 valence electrons. The molecule has 0 amide bonds. The van der Waals surface area contributed by atoms with Crippen molar-refractivity contribution in [2.24, 2.45) is 0 Å². The van der Waals surface area contributed by atoms with Gasteiger partial charge in [0.1, 0.15) is 0 Å². The zero-order valence-corrected chi connectivity index (χ0v) is 9.70. The quantitative estimate of drug-likeness (QED) is 0.612. The topological polar surface area (TPSA) is 59.6 Å². The lowest BCUT2D eigenvalue weighted by molar-refractivity contribution is 0.984. The van der Waals surface area contributed by atoms with Gasteiger partial charge in [0, 0.05) is 10.6 Å². The molecule has 0 aliphatic rings. The molecule has 1 aromatic heterocycles. The van der Waals surface area contributed by atoms with Crippen molar-refractivity contribution in [2.45, 2.75) is 0 Å². The lowest BCUT2D eigenvalue weighted by atomic mass is 10.2. The van der Waals surface area contributed by atoms with Gasteiger partial charge in [0.15, 0.2) is 5.82 Å². The van der Waals surface area contributed by atoms with Gasteiger partial charge in [-0.15, -0.1) is 0 Å². The first-order valence-electron chi connectivity index (χ1n) is 3.97. The Kier molecular flexibility index (Phi) is 2.68. The van der Waals surface area contributed by atoms with Gasteiger partial charge < -0.3 is 5.84 Å². The molecule has 0 unspecified atom stereocenters. The van der Waals surface area contributed by atoms with E-state index in [1.807, 2.05) is 0 Å². The summed E-state index contributed by atoms with van der Waals surface area (Å²) in [6.45, 7) is 0. The van der Waals surface area contributed by atoms with Gasteiger partial charge in [0.2, 0.25) is 4.77 Å². The van der Waals surface area contributed by atoms with Crippen LogP contribution < -0.4 is 5.84 Å². The number of rotatable bonds is 1. The van der Waals surface area contributed by atoms with Crippen molar-refractivity contribution in [3.8, 4) is 11.4 Å². The van der Waals surface area contributed by atoms with Gasteiger partial charge in [-0.25, -0.2) is 9.77 Å². The SMILES string of the molecule is Nn1c(-c2cc(Cl)ccc2Cl)n[nH]c1=S. The van der Waals surface area contributed by atoms with Crippen LogP contribution in [-0.2, 0) is 0 Å². The van der Waals surface area contributed by atoms with E-state index in [-0.39, 0.29) is 0 Å². The van der Waals surface area contributed by atoms with E-state index in [1.54, 1.807) is 18.2 Å². The molecular formula is C8H6Cl2N4S. The summed E-state index contributed by atoms with van der Waals surface area (Å²) in [4.78, 5) is 0. The second-order valence-corrected chi connectivity index (χ2v) is 4.08. The molecule has 0 radical (unpaired) electrons. The second kappa shape index (κ2) is 3.84. The molecule has 0 bridgehead atoms. The van der Waals surface area contributed by atoms with E-state index in [9.17, 15) is 0 Å². The van der Waals surface area contributed by atoms with Crippen molar-refractivity contribution >= 4 is 35.4 Å². The Hall–Kier alpha value is -1.04. The summed E-state index contributed by atoms with van der Waals surface area (Å²) >= 11 is 16.7. The zero-order valence-electron chi connectivity index (χ0n) is 7.37. The maximum atomic E-state index is 6.00.